The van der Waals surface area contributed by atoms with Crippen LogP contribution < -0.4 is 5.32 Å². The van der Waals surface area contributed by atoms with E-state index in [0.717, 1.165) is 5.39 Å². The van der Waals surface area contributed by atoms with Gasteiger partial charge in [-0.3, -0.25) is 14.9 Å². The number of carbonyl (C=O) groups is 1. The maximum Gasteiger partial charge on any atom is 0.269 e. The van der Waals surface area contributed by atoms with Gasteiger partial charge in [-0.05, 0) is 30.3 Å². The second-order valence-corrected chi connectivity index (χ2v) is 4.80. The van der Waals surface area contributed by atoms with Gasteiger partial charge in [0.15, 0.2) is 0 Å². The number of rotatable bonds is 3. The van der Waals surface area contributed by atoms with E-state index in [4.69, 9.17) is 0 Å². The van der Waals surface area contributed by atoms with Gasteiger partial charge in [0.1, 0.15) is 17.1 Å². The second-order valence-electron chi connectivity index (χ2n) is 4.80. The van der Waals surface area contributed by atoms with Gasteiger partial charge in [-0.1, -0.05) is 12.1 Å². The van der Waals surface area contributed by atoms with Crippen LogP contribution in [0.15, 0.2) is 54.6 Å². The van der Waals surface area contributed by atoms with Crippen molar-refractivity contribution in [2.45, 2.75) is 0 Å². The van der Waals surface area contributed by atoms with Gasteiger partial charge in [0.05, 0.1) is 4.92 Å². The Bertz CT molecular complexity index is 907. The lowest BCUT2D eigenvalue weighted by atomic mass is 10.2. The molecular weight excluding hydrogens is 298 g/mol. The Hall–Kier alpha value is -3.48. The Morgan fingerprint density at radius 1 is 1.09 bits per heavy atom. The number of nitro groups is 1. The first kappa shape index (κ1) is 14.5. The van der Waals surface area contributed by atoms with Gasteiger partial charge >= 0.3 is 0 Å². The lowest BCUT2D eigenvalue weighted by Crippen LogP contribution is -2.12. The van der Waals surface area contributed by atoms with Crippen LogP contribution in [0.4, 0.5) is 11.5 Å². The monoisotopic (exact) mass is 309 g/mol. The summed E-state index contributed by atoms with van der Waals surface area (Å²) in [4.78, 5) is 26.4. The third-order valence-corrected chi connectivity index (χ3v) is 3.28. The number of aromatic nitrogens is 1. The van der Waals surface area contributed by atoms with Crippen molar-refractivity contribution < 1.29 is 14.8 Å². The molecule has 1 aromatic heterocycles. The smallest absolute Gasteiger partial charge is 0.269 e. The van der Waals surface area contributed by atoms with Gasteiger partial charge in [0, 0.05) is 23.1 Å². The standard InChI is InChI=1S/C16H11N3O4/c20-13-3-1-2-10-6-9-14(17-15(10)13)18-16(21)11-4-7-12(8-5-11)19(22)23/h1-9,20H,(H,17,18,21). The highest BCUT2D eigenvalue weighted by molar-refractivity contribution is 6.04. The first-order chi connectivity index (χ1) is 11.0. The fourth-order valence-corrected chi connectivity index (χ4v) is 2.12. The number of phenols is 1. The second kappa shape index (κ2) is 5.72. The molecule has 0 aliphatic rings. The topological polar surface area (TPSA) is 105 Å². The quantitative estimate of drug-likeness (QED) is 0.571. The molecule has 0 saturated heterocycles. The zero-order valence-electron chi connectivity index (χ0n) is 11.8. The van der Waals surface area contributed by atoms with Crippen LogP contribution in [-0.4, -0.2) is 20.9 Å². The van der Waals surface area contributed by atoms with E-state index in [2.05, 4.69) is 10.3 Å². The van der Waals surface area contributed by atoms with E-state index in [1.165, 1.54) is 30.3 Å². The minimum absolute atomic E-state index is 0.0222. The van der Waals surface area contributed by atoms with Crippen molar-refractivity contribution in [2.75, 3.05) is 5.32 Å². The highest BCUT2D eigenvalue weighted by Gasteiger charge is 2.11. The molecule has 2 aromatic carbocycles. The highest BCUT2D eigenvalue weighted by atomic mass is 16.6. The number of phenolic OH excluding ortho intramolecular Hbond substituents is 1. The van der Waals surface area contributed by atoms with Gasteiger partial charge in [-0.15, -0.1) is 0 Å². The Morgan fingerprint density at radius 3 is 2.52 bits per heavy atom. The molecule has 3 aromatic rings. The third-order valence-electron chi connectivity index (χ3n) is 3.28. The number of benzene rings is 2. The first-order valence-electron chi connectivity index (χ1n) is 6.69. The van der Waals surface area contributed by atoms with Crippen LogP contribution in [0.1, 0.15) is 10.4 Å². The lowest BCUT2D eigenvalue weighted by molar-refractivity contribution is -0.384. The number of nitro benzene ring substituents is 1. The van der Waals surface area contributed by atoms with Gasteiger partial charge in [-0.2, -0.15) is 0 Å². The number of fused-ring (bicyclic) bond motifs is 1. The van der Waals surface area contributed by atoms with Gasteiger partial charge < -0.3 is 10.4 Å². The number of hydrogen-bond donors (Lipinski definition) is 2. The number of hydrogen-bond acceptors (Lipinski definition) is 5. The van der Waals surface area contributed by atoms with Gasteiger partial charge in [-0.25, -0.2) is 4.98 Å². The minimum Gasteiger partial charge on any atom is -0.506 e. The number of amides is 1. The molecule has 0 aliphatic heterocycles. The van der Waals surface area contributed by atoms with E-state index in [1.807, 2.05) is 0 Å². The Labute approximate surface area is 130 Å². The molecule has 0 aliphatic carbocycles. The van der Waals surface area contributed by atoms with E-state index in [1.54, 1.807) is 24.3 Å². The Kier molecular flexibility index (Phi) is 3.60. The van der Waals surface area contributed by atoms with Crippen molar-refractivity contribution in [1.82, 2.24) is 4.98 Å². The molecule has 2 N–H and O–H groups in total. The summed E-state index contributed by atoms with van der Waals surface area (Å²) >= 11 is 0. The Morgan fingerprint density at radius 2 is 1.83 bits per heavy atom. The summed E-state index contributed by atoms with van der Waals surface area (Å²) in [5.74, 6) is -0.140. The molecule has 0 atom stereocenters. The molecule has 3 rings (SSSR count). The van der Waals surface area contributed by atoms with Crippen molar-refractivity contribution in [2.24, 2.45) is 0 Å². The molecular formula is C16H11N3O4. The van der Waals surface area contributed by atoms with Crippen LogP contribution in [0.5, 0.6) is 5.75 Å². The molecule has 1 heterocycles. The van der Waals surface area contributed by atoms with Crippen molar-refractivity contribution in [3.8, 4) is 5.75 Å². The summed E-state index contributed by atoms with van der Waals surface area (Å²) < 4.78 is 0. The molecule has 23 heavy (non-hydrogen) atoms. The summed E-state index contributed by atoms with van der Waals surface area (Å²) in [5.41, 5.74) is 0.569. The number of carbonyl (C=O) groups excluding carboxylic acids is 1. The van der Waals surface area contributed by atoms with Gasteiger partial charge in [0.2, 0.25) is 0 Å². The van der Waals surface area contributed by atoms with Crippen LogP contribution >= 0.6 is 0 Å². The lowest BCUT2D eigenvalue weighted by Gasteiger charge is -2.06. The van der Waals surface area contributed by atoms with Gasteiger partial charge in [0.25, 0.3) is 11.6 Å². The normalized spacial score (nSPS) is 10.4. The maximum atomic E-state index is 12.1. The van der Waals surface area contributed by atoms with Crippen molar-refractivity contribution >= 4 is 28.3 Å². The largest absolute Gasteiger partial charge is 0.506 e. The predicted octanol–water partition coefficient (Wildman–Crippen LogP) is 3.10. The number of para-hydroxylation sites is 1. The van der Waals surface area contributed by atoms with Crippen molar-refractivity contribution in [1.29, 1.82) is 0 Å². The average Bonchev–Trinajstić information content (AvgIpc) is 2.55. The summed E-state index contributed by atoms with van der Waals surface area (Å²) in [7, 11) is 0. The van der Waals surface area contributed by atoms with Crippen molar-refractivity contribution in [3.05, 3.63) is 70.3 Å². The SMILES string of the molecule is O=C(Nc1ccc2cccc(O)c2n1)c1ccc([N+](=O)[O-])cc1. The zero-order valence-corrected chi connectivity index (χ0v) is 11.8. The Balaban J connectivity index is 1.85. The summed E-state index contributed by atoms with van der Waals surface area (Å²) in [5, 5.41) is 23.7. The van der Waals surface area contributed by atoms with Crippen LogP contribution in [0.25, 0.3) is 10.9 Å². The van der Waals surface area contributed by atoms with E-state index < -0.39 is 10.8 Å². The number of non-ortho nitro benzene ring substituents is 1. The highest BCUT2D eigenvalue weighted by Crippen LogP contribution is 2.24. The van der Waals surface area contributed by atoms with E-state index in [9.17, 15) is 20.0 Å². The average molecular weight is 309 g/mol. The number of nitrogens with zero attached hydrogens (tertiary/aromatic N) is 2. The molecule has 7 nitrogen and oxygen atoms in total. The number of pyridine rings is 1. The summed E-state index contributed by atoms with van der Waals surface area (Å²) in [6.07, 6.45) is 0. The fourth-order valence-electron chi connectivity index (χ4n) is 2.12. The van der Waals surface area contributed by atoms with Crippen LogP contribution in [-0.2, 0) is 0 Å². The molecule has 0 unspecified atom stereocenters. The number of anilines is 1. The summed E-state index contributed by atoms with van der Waals surface area (Å²) in [6.45, 7) is 0. The molecule has 0 fully saturated rings. The third kappa shape index (κ3) is 2.93. The molecule has 114 valence electrons. The first-order valence-corrected chi connectivity index (χ1v) is 6.69. The summed E-state index contributed by atoms with van der Waals surface area (Å²) in [6, 6.07) is 13.6. The molecule has 0 radical (unpaired) electrons. The molecule has 1 amide bonds. The van der Waals surface area contributed by atoms with Crippen molar-refractivity contribution in [3.63, 3.8) is 0 Å². The minimum atomic E-state index is -0.532. The maximum absolute atomic E-state index is 12.1. The zero-order chi connectivity index (χ0) is 16.4. The molecule has 0 spiro atoms. The van der Waals surface area contributed by atoms with Crippen LogP contribution in [0.3, 0.4) is 0 Å². The van der Waals surface area contributed by atoms with E-state index in [-0.39, 0.29) is 22.8 Å². The fraction of sp³-hybridized carbons (Fsp3) is 0. The van der Waals surface area contributed by atoms with E-state index in [0.29, 0.717) is 5.52 Å². The van der Waals surface area contributed by atoms with Crippen LogP contribution in [0.2, 0.25) is 0 Å². The number of aromatic hydroxyl groups is 1. The molecule has 0 bridgehead atoms. The molecule has 7 heteroatoms. The van der Waals surface area contributed by atoms with Crippen LogP contribution in [0, 0.1) is 10.1 Å². The molecule has 0 saturated carbocycles. The predicted molar refractivity (Wildman–Crippen MR) is 84.5 cm³/mol. The number of nitrogens with one attached hydrogen (secondary N) is 1. The van der Waals surface area contributed by atoms with E-state index >= 15 is 0 Å².